The average molecular weight is 272 g/mol. The van der Waals surface area contributed by atoms with Crippen molar-refractivity contribution in [3.05, 3.63) is 35.4 Å². The van der Waals surface area contributed by atoms with Crippen molar-refractivity contribution in [3.63, 3.8) is 0 Å². The maximum Gasteiger partial charge on any atom is 0.416 e. The Hall–Kier alpha value is -1.03. The fraction of sp³-hybridized carbons (Fsp3) is 0.600. The van der Waals surface area contributed by atoms with Crippen LogP contribution in [-0.2, 0) is 11.8 Å². The molecule has 0 aliphatic heterocycles. The van der Waals surface area contributed by atoms with Crippen LogP contribution in [0.4, 0.5) is 13.2 Å². The van der Waals surface area contributed by atoms with Gasteiger partial charge in [-0.3, -0.25) is 0 Å². The molecule has 0 aromatic heterocycles. The Bertz CT molecular complexity index is 455. The molecule has 19 heavy (non-hydrogen) atoms. The van der Waals surface area contributed by atoms with Crippen LogP contribution in [-0.4, -0.2) is 5.11 Å². The molecular weight excluding hydrogens is 253 g/mol. The zero-order valence-corrected chi connectivity index (χ0v) is 11.2. The number of benzene rings is 1. The van der Waals surface area contributed by atoms with Gasteiger partial charge < -0.3 is 5.11 Å². The van der Waals surface area contributed by atoms with Gasteiger partial charge in [0.2, 0.25) is 0 Å². The molecular formula is C15H19F3O. The molecule has 0 radical (unpaired) electrons. The largest absolute Gasteiger partial charge is 0.416 e. The minimum Gasteiger partial charge on any atom is -0.385 e. The molecule has 0 amide bonds. The highest BCUT2D eigenvalue weighted by atomic mass is 19.4. The first-order valence-electron chi connectivity index (χ1n) is 6.64. The number of aliphatic hydroxyl groups is 1. The van der Waals surface area contributed by atoms with Gasteiger partial charge in [0.1, 0.15) is 0 Å². The van der Waals surface area contributed by atoms with E-state index in [1.807, 2.05) is 6.92 Å². The Morgan fingerprint density at radius 3 is 2.42 bits per heavy atom. The van der Waals surface area contributed by atoms with E-state index in [9.17, 15) is 18.3 Å². The van der Waals surface area contributed by atoms with E-state index >= 15 is 0 Å². The van der Waals surface area contributed by atoms with Gasteiger partial charge in [-0.2, -0.15) is 13.2 Å². The van der Waals surface area contributed by atoms with Gasteiger partial charge in [-0.15, -0.1) is 0 Å². The normalized spacial score (nSPS) is 32.3. The lowest BCUT2D eigenvalue weighted by Crippen LogP contribution is -2.40. The van der Waals surface area contributed by atoms with Gasteiger partial charge in [0.05, 0.1) is 11.2 Å². The topological polar surface area (TPSA) is 20.2 Å². The van der Waals surface area contributed by atoms with E-state index in [-0.39, 0.29) is 11.5 Å². The summed E-state index contributed by atoms with van der Waals surface area (Å²) in [6, 6.07) is 5.40. The van der Waals surface area contributed by atoms with E-state index in [1.54, 1.807) is 6.07 Å². The van der Waals surface area contributed by atoms with Crippen LogP contribution in [0.2, 0.25) is 0 Å². The summed E-state index contributed by atoms with van der Waals surface area (Å²) in [6.45, 7) is 3.91. The van der Waals surface area contributed by atoms with Gasteiger partial charge in [-0.1, -0.05) is 32.0 Å². The molecule has 1 aromatic carbocycles. The number of hydrogen-bond donors (Lipinski definition) is 1. The first-order valence-corrected chi connectivity index (χ1v) is 6.64. The summed E-state index contributed by atoms with van der Waals surface area (Å²) in [4.78, 5) is 0. The monoisotopic (exact) mass is 272 g/mol. The van der Waals surface area contributed by atoms with Crippen LogP contribution >= 0.6 is 0 Å². The van der Waals surface area contributed by atoms with Crippen LogP contribution in [0.1, 0.15) is 44.2 Å². The minimum absolute atomic E-state index is 0.0295. The summed E-state index contributed by atoms with van der Waals surface area (Å²) in [5.74, 6) is 0.285. The highest BCUT2D eigenvalue weighted by molar-refractivity contribution is 5.35. The molecule has 1 N–H and O–H groups in total. The summed E-state index contributed by atoms with van der Waals surface area (Å²) in [5.41, 5.74) is -2.04. The summed E-state index contributed by atoms with van der Waals surface area (Å²) >= 11 is 0. The lowest BCUT2D eigenvalue weighted by Gasteiger charge is -2.42. The predicted molar refractivity (Wildman–Crippen MR) is 67.5 cm³/mol. The molecule has 1 aromatic rings. The van der Waals surface area contributed by atoms with Crippen LogP contribution in [0.3, 0.4) is 0 Å². The van der Waals surface area contributed by atoms with Crippen molar-refractivity contribution in [2.24, 2.45) is 11.8 Å². The van der Waals surface area contributed by atoms with E-state index in [0.29, 0.717) is 12.3 Å². The van der Waals surface area contributed by atoms with Crippen molar-refractivity contribution in [2.45, 2.75) is 44.9 Å². The molecule has 106 valence electrons. The average Bonchev–Trinajstić information content (AvgIpc) is 2.33. The number of alkyl halides is 3. The summed E-state index contributed by atoms with van der Waals surface area (Å²) < 4.78 is 39.2. The third kappa shape index (κ3) is 2.64. The van der Waals surface area contributed by atoms with Crippen LogP contribution < -0.4 is 0 Å². The number of hydrogen-bond acceptors (Lipinski definition) is 1. The van der Waals surface area contributed by atoms with Crippen molar-refractivity contribution in [2.75, 3.05) is 0 Å². The quantitative estimate of drug-likeness (QED) is 0.806. The molecule has 1 aliphatic carbocycles. The maximum atomic E-state index is 13.1. The highest BCUT2D eigenvalue weighted by Crippen LogP contribution is 2.47. The number of halogens is 3. The zero-order chi connectivity index (χ0) is 14.3. The fourth-order valence-corrected chi connectivity index (χ4v) is 3.14. The standard InChI is InChI=1S/C15H19F3O/c1-10-7-8-14(19,11(2)9-10)12-5-3-4-6-13(12)15(16,17)18/h3-6,10-11,19H,7-9H2,1-2H3. The number of rotatable bonds is 1. The summed E-state index contributed by atoms with van der Waals surface area (Å²) in [7, 11) is 0. The highest BCUT2D eigenvalue weighted by Gasteiger charge is 2.45. The summed E-state index contributed by atoms with van der Waals surface area (Å²) in [5, 5.41) is 10.8. The van der Waals surface area contributed by atoms with Crippen molar-refractivity contribution < 1.29 is 18.3 Å². The van der Waals surface area contributed by atoms with E-state index in [0.717, 1.165) is 18.9 Å². The Morgan fingerprint density at radius 2 is 1.84 bits per heavy atom. The van der Waals surface area contributed by atoms with Crippen LogP contribution in [0.25, 0.3) is 0 Å². The third-order valence-corrected chi connectivity index (χ3v) is 4.29. The van der Waals surface area contributed by atoms with Crippen LogP contribution in [0.5, 0.6) is 0 Å². The molecule has 3 atom stereocenters. The van der Waals surface area contributed by atoms with Gasteiger partial charge in [-0.05, 0) is 42.7 Å². The molecule has 1 saturated carbocycles. The van der Waals surface area contributed by atoms with Gasteiger partial charge in [-0.25, -0.2) is 0 Å². The van der Waals surface area contributed by atoms with Crippen LogP contribution in [0.15, 0.2) is 24.3 Å². The van der Waals surface area contributed by atoms with Crippen molar-refractivity contribution in [1.29, 1.82) is 0 Å². The van der Waals surface area contributed by atoms with Gasteiger partial charge in [0.25, 0.3) is 0 Å². The fourth-order valence-electron chi connectivity index (χ4n) is 3.14. The molecule has 0 spiro atoms. The van der Waals surface area contributed by atoms with E-state index < -0.39 is 17.3 Å². The second kappa shape index (κ2) is 4.82. The molecule has 1 aliphatic rings. The first kappa shape index (κ1) is 14.4. The molecule has 2 rings (SSSR count). The van der Waals surface area contributed by atoms with Gasteiger partial charge in [0.15, 0.2) is 0 Å². The smallest absolute Gasteiger partial charge is 0.385 e. The van der Waals surface area contributed by atoms with E-state index in [2.05, 4.69) is 6.92 Å². The zero-order valence-electron chi connectivity index (χ0n) is 11.2. The Kier molecular flexibility index (Phi) is 3.65. The predicted octanol–water partition coefficient (Wildman–Crippen LogP) is 4.35. The van der Waals surface area contributed by atoms with E-state index in [1.165, 1.54) is 12.1 Å². The van der Waals surface area contributed by atoms with Gasteiger partial charge in [0, 0.05) is 0 Å². The van der Waals surface area contributed by atoms with Crippen molar-refractivity contribution in [3.8, 4) is 0 Å². The van der Waals surface area contributed by atoms with Gasteiger partial charge >= 0.3 is 6.18 Å². The Balaban J connectivity index is 2.46. The maximum absolute atomic E-state index is 13.1. The molecule has 1 fully saturated rings. The first-order chi connectivity index (χ1) is 8.75. The molecule has 4 heteroatoms. The van der Waals surface area contributed by atoms with Crippen molar-refractivity contribution >= 4 is 0 Å². The Morgan fingerprint density at radius 1 is 1.21 bits per heavy atom. The molecule has 0 heterocycles. The van der Waals surface area contributed by atoms with Crippen molar-refractivity contribution in [1.82, 2.24) is 0 Å². The van der Waals surface area contributed by atoms with Crippen LogP contribution in [0, 0.1) is 11.8 Å². The second-order valence-electron chi connectivity index (χ2n) is 5.75. The second-order valence-corrected chi connectivity index (χ2v) is 5.75. The molecule has 0 saturated heterocycles. The molecule has 0 bridgehead atoms. The molecule has 3 unspecified atom stereocenters. The lowest BCUT2D eigenvalue weighted by molar-refractivity contribution is -0.143. The lowest BCUT2D eigenvalue weighted by atomic mass is 9.68. The minimum atomic E-state index is -4.42. The molecule has 1 nitrogen and oxygen atoms in total. The third-order valence-electron chi connectivity index (χ3n) is 4.29. The SMILES string of the molecule is CC1CCC(O)(c2ccccc2C(F)(F)F)C(C)C1. The van der Waals surface area contributed by atoms with E-state index in [4.69, 9.17) is 0 Å². The Labute approximate surface area is 111 Å². The summed E-state index contributed by atoms with van der Waals surface area (Å²) in [6.07, 6.45) is -2.52.